The molecule has 0 aliphatic carbocycles. The van der Waals surface area contributed by atoms with E-state index < -0.39 is 0 Å². The van der Waals surface area contributed by atoms with Crippen LogP contribution >= 0.6 is 0 Å². The van der Waals surface area contributed by atoms with E-state index in [9.17, 15) is 9.59 Å². The molecule has 3 amide bonds. The highest BCUT2D eigenvalue weighted by atomic mass is 16.2. The van der Waals surface area contributed by atoms with Crippen LogP contribution in [0.2, 0.25) is 0 Å². The van der Waals surface area contributed by atoms with Gasteiger partial charge in [0, 0.05) is 44.0 Å². The Morgan fingerprint density at radius 3 is 2.30 bits per heavy atom. The summed E-state index contributed by atoms with van der Waals surface area (Å²) in [4.78, 5) is 25.6. The lowest BCUT2D eigenvalue weighted by Crippen LogP contribution is -2.35. The Balaban J connectivity index is 1.77. The number of anilines is 2. The molecule has 0 spiro atoms. The van der Waals surface area contributed by atoms with Crippen LogP contribution in [0.3, 0.4) is 0 Å². The van der Waals surface area contributed by atoms with Crippen LogP contribution in [-0.2, 0) is 11.3 Å². The molecule has 0 bridgehead atoms. The molecule has 0 saturated carbocycles. The average Bonchev–Trinajstić information content (AvgIpc) is 2.62. The van der Waals surface area contributed by atoms with Gasteiger partial charge in [-0.3, -0.25) is 4.79 Å². The maximum Gasteiger partial charge on any atom is 0.319 e. The number of hydrogen-bond acceptors (Lipinski definition) is 3. The van der Waals surface area contributed by atoms with E-state index in [0.717, 1.165) is 12.2 Å². The Bertz CT molecular complexity index is 730. The van der Waals surface area contributed by atoms with Crippen LogP contribution in [0, 0.1) is 0 Å². The summed E-state index contributed by atoms with van der Waals surface area (Å²) in [6.07, 6.45) is 0.259. The zero-order valence-electron chi connectivity index (χ0n) is 16.2. The molecule has 0 unspecified atom stereocenters. The molecule has 0 heterocycles. The Morgan fingerprint density at radius 1 is 1.00 bits per heavy atom. The highest BCUT2D eigenvalue weighted by Gasteiger charge is 2.06. The van der Waals surface area contributed by atoms with E-state index in [1.54, 1.807) is 0 Å². The van der Waals surface area contributed by atoms with Gasteiger partial charge >= 0.3 is 6.03 Å². The number of benzene rings is 2. The minimum absolute atomic E-state index is 0.0730. The molecule has 27 heavy (non-hydrogen) atoms. The fraction of sp³-hybridized carbons (Fsp3) is 0.333. The highest BCUT2D eigenvalue weighted by Crippen LogP contribution is 2.18. The molecule has 0 aromatic heterocycles. The van der Waals surface area contributed by atoms with Crippen molar-refractivity contribution >= 4 is 23.3 Å². The van der Waals surface area contributed by atoms with Gasteiger partial charge in [0.15, 0.2) is 0 Å². The summed E-state index contributed by atoms with van der Waals surface area (Å²) in [5, 5.41) is 8.24. The van der Waals surface area contributed by atoms with Crippen LogP contribution in [0.1, 0.15) is 25.8 Å². The number of urea groups is 1. The Morgan fingerprint density at radius 2 is 1.67 bits per heavy atom. The van der Waals surface area contributed by atoms with Gasteiger partial charge in [-0.1, -0.05) is 30.3 Å². The minimum atomic E-state index is -0.322. The van der Waals surface area contributed by atoms with Crippen molar-refractivity contribution < 1.29 is 9.59 Å². The fourth-order valence-electron chi connectivity index (χ4n) is 2.61. The van der Waals surface area contributed by atoms with Crippen molar-refractivity contribution in [2.75, 3.05) is 23.8 Å². The first-order valence-electron chi connectivity index (χ1n) is 9.13. The van der Waals surface area contributed by atoms with Crippen LogP contribution in [0.4, 0.5) is 16.2 Å². The van der Waals surface area contributed by atoms with Gasteiger partial charge in [0.25, 0.3) is 0 Å². The van der Waals surface area contributed by atoms with E-state index in [2.05, 4.69) is 33.0 Å². The quantitative estimate of drug-likeness (QED) is 0.669. The number of carbonyl (C=O) groups is 2. The Labute approximate surface area is 161 Å². The molecular weight excluding hydrogens is 340 g/mol. The molecule has 0 radical (unpaired) electrons. The van der Waals surface area contributed by atoms with Gasteiger partial charge < -0.3 is 20.9 Å². The monoisotopic (exact) mass is 368 g/mol. The number of hydrogen-bond donors (Lipinski definition) is 3. The van der Waals surface area contributed by atoms with Crippen molar-refractivity contribution in [3.8, 4) is 0 Å². The van der Waals surface area contributed by atoms with Gasteiger partial charge in [-0.25, -0.2) is 4.79 Å². The Kier molecular flexibility index (Phi) is 7.67. The third-order valence-electron chi connectivity index (χ3n) is 3.92. The van der Waals surface area contributed by atoms with Gasteiger partial charge in [-0.05, 0) is 43.7 Å². The molecule has 3 N–H and O–H groups in total. The van der Waals surface area contributed by atoms with E-state index in [1.165, 1.54) is 5.56 Å². The molecule has 144 valence electrons. The first-order valence-corrected chi connectivity index (χ1v) is 9.13. The van der Waals surface area contributed by atoms with Crippen LogP contribution in [0.5, 0.6) is 0 Å². The summed E-state index contributed by atoms with van der Waals surface area (Å²) in [6.45, 7) is 4.91. The van der Waals surface area contributed by atoms with Crippen LogP contribution < -0.4 is 20.9 Å². The zero-order valence-corrected chi connectivity index (χ0v) is 16.2. The number of rotatable bonds is 8. The van der Waals surface area contributed by atoms with Crippen molar-refractivity contribution in [1.82, 2.24) is 10.6 Å². The number of nitrogens with one attached hydrogen (secondary N) is 3. The maximum atomic E-state index is 11.9. The Hall–Kier alpha value is -3.02. The normalized spacial score (nSPS) is 10.4. The van der Waals surface area contributed by atoms with E-state index in [4.69, 9.17) is 0 Å². The third kappa shape index (κ3) is 7.40. The molecule has 0 saturated heterocycles. The SMILES string of the molecule is CC(C)NC(=O)CCNC(=O)Nc1ccc(N(C)Cc2ccccc2)cc1. The smallest absolute Gasteiger partial charge is 0.319 e. The predicted octanol–water partition coefficient (Wildman–Crippen LogP) is 3.36. The average molecular weight is 368 g/mol. The second-order valence-corrected chi connectivity index (χ2v) is 6.74. The van der Waals surface area contributed by atoms with Crippen LogP contribution in [0.25, 0.3) is 0 Å². The zero-order chi connectivity index (χ0) is 19.6. The summed E-state index contributed by atoms with van der Waals surface area (Å²) in [7, 11) is 2.03. The van der Waals surface area contributed by atoms with E-state index in [1.807, 2.05) is 63.4 Å². The standard InChI is InChI=1S/C21H28N4O2/c1-16(2)23-20(26)13-14-22-21(27)24-18-9-11-19(12-10-18)25(3)15-17-7-5-4-6-8-17/h4-12,16H,13-15H2,1-3H3,(H,23,26)(H2,22,24,27). The van der Waals surface area contributed by atoms with Crippen LogP contribution in [-0.4, -0.2) is 31.6 Å². The fourth-order valence-corrected chi connectivity index (χ4v) is 2.61. The summed E-state index contributed by atoms with van der Waals surface area (Å²) in [5.41, 5.74) is 3.01. The molecule has 0 aliphatic rings. The summed E-state index contributed by atoms with van der Waals surface area (Å²) < 4.78 is 0. The van der Waals surface area contributed by atoms with Crippen molar-refractivity contribution in [3.63, 3.8) is 0 Å². The number of nitrogens with zero attached hydrogens (tertiary/aromatic N) is 1. The van der Waals surface area contributed by atoms with Crippen molar-refractivity contribution in [2.24, 2.45) is 0 Å². The first kappa shape index (κ1) is 20.3. The van der Waals surface area contributed by atoms with Crippen molar-refractivity contribution in [3.05, 3.63) is 60.2 Å². The number of amides is 3. The van der Waals surface area contributed by atoms with Crippen LogP contribution in [0.15, 0.2) is 54.6 Å². The molecule has 0 fully saturated rings. The van der Waals surface area contributed by atoms with Gasteiger partial charge in [0.2, 0.25) is 5.91 Å². The molecule has 0 aliphatic heterocycles. The molecule has 2 aromatic carbocycles. The van der Waals surface area contributed by atoms with Crippen molar-refractivity contribution in [2.45, 2.75) is 32.9 Å². The maximum absolute atomic E-state index is 11.9. The van der Waals surface area contributed by atoms with Crippen molar-refractivity contribution in [1.29, 1.82) is 0 Å². The number of carbonyl (C=O) groups excluding carboxylic acids is 2. The van der Waals surface area contributed by atoms with E-state index in [-0.39, 0.29) is 24.4 Å². The third-order valence-corrected chi connectivity index (χ3v) is 3.92. The summed E-state index contributed by atoms with van der Waals surface area (Å²) in [5.74, 6) is -0.0730. The molecule has 2 aromatic rings. The predicted molar refractivity (Wildman–Crippen MR) is 110 cm³/mol. The topological polar surface area (TPSA) is 73.5 Å². The molecule has 0 atom stereocenters. The molecule has 2 rings (SSSR count). The molecule has 6 heteroatoms. The van der Waals surface area contributed by atoms with Gasteiger partial charge in [0.05, 0.1) is 0 Å². The highest BCUT2D eigenvalue weighted by molar-refractivity contribution is 5.89. The minimum Gasteiger partial charge on any atom is -0.370 e. The van der Waals surface area contributed by atoms with Gasteiger partial charge in [-0.15, -0.1) is 0 Å². The second kappa shape index (κ2) is 10.2. The largest absolute Gasteiger partial charge is 0.370 e. The van der Waals surface area contributed by atoms with E-state index in [0.29, 0.717) is 12.2 Å². The van der Waals surface area contributed by atoms with Gasteiger partial charge in [-0.2, -0.15) is 0 Å². The summed E-state index contributed by atoms with van der Waals surface area (Å²) in [6, 6.07) is 17.7. The first-order chi connectivity index (χ1) is 12.9. The molecule has 6 nitrogen and oxygen atoms in total. The lowest BCUT2D eigenvalue weighted by atomic mass is 10.2. The second-order valence-electron chi connectivity index (χ2n) is 6.74. The van der Waals surface area contributed by atoms with E-state index >= 15 is 0 Å². The summed E-state index contributed by atoms with van der Waals surface area (Å²) >= 11 is 0. The molecular formula is C21H28N4O2. The van der Waals surface area contributed by atoms with Gasteiger partial charge in [0.1, 0.15) is 0 Å². The lowest BCUT2D eigenvalue weighted by molar-refractivity contribution is -0.121. The lowest BCUT2D eigenvalue weighted by Gasteiger charge is -2.20.